The molecule has 0 bridgehead atoms. The van der Waals surface area contributed by atoms with Crippen molar-refractivity contribution in [2.24, 2.45) is 0 Å². The van der Waals surface area contributed by atoms with Crippen molar-refractivity contribution >= 4 is 23.2 Å². The van der Waals surface area contributed by atoms with Gasteiger partial charge in [0.1, 0.15) is 0 Å². The highest BCUT2D eigenvalue weighted by molar-refractivity contribution is 5.89. The van der Waals surface area contributed by atoms with E-state index in [2.05, 4.69) is 69.9 Å². The zero-order valence-electron chi connectivity index (χ0n) is 17.5. The summed E-state index contributed by atoms with van der Waals surface area (Å²) in [6, 6.07) is 11.7. The molecular weight excluding hydrogens is 356 g/mol. The molecule has 1 aromatic carbocycles. The van der Waals surface area contributed by atoms with Gasteiger partial charge in [0.25, 0.3) is 0 Å². The van der Waals surface area contributed by atoms with Gasteiger partial charge in [-0.05, 0) is 75.3 Å². The molecule has 0 amide bonds. The van der Waals surface area contributed by atoms with Crippen LogP contribution < -0.4 is 0 Å². The van der Waals surface area contributed by atoms with E-state index in [1.54, 1.807) is 0 Å². The van der Waals surface area contributed by atoms with Crippen molar-refractivity contribution in [3.05, 3.63) is 65.1 Å². The Morgan fingerprint density at radius 3 is 2.76 bits per heavy atom. The second-order valence-electron chi connectivity index (χ2n) is 8.67. The van der Waals surface area contributed by atoms with Crippen LogP contribution in [0.4, 0.5) is 0 Å². The topological polar surface area (TPSA) is 24.3 Å². The van der Waals surface area contributed by atoms with Crippen molar-refractivity contribution in [1.82, 2.24) is 19.4 Å². The Morgan fingerprint density at radius 1 is 1.10 bits per heavy atom. The molecular formula is C25H30N4. The SMILES string of the molecule is Cc1ccc2c(c1)c1c(n2C=Cc2cccnc2)CCN(C2CCN(C)CC2)C1. The normalized spacial score (nSPS) is 19.2. The molecule has 0 unspecified atom stereocenters. The highest BCUT2D eigenvalue weighted by atomic mass is 15.2. The number of benzene rings is 1. The van der Waals surface area contributed by atoms with Crippen LogP contribution in [0.1, 0.15) is 35.2 Å². The molecule has 0 aliphatic carbocycles. The maximum absolute atomic E-state index is 4.24. The average molecular weight is 387 g/mol. The quantitative estimate of drug-likeness (QED) is 0.666. The van der Waals surface area contributed by atoms with E-state index in [9.17, 15) is 0 Å². The van der Waals surface area contributed by atoms with E-state index in [-0.39, 0.29) is 0 Å². The summed E-state index contributed by atoms with van der Waals surface area (Å²) in [6.07, 6.45) is 11.9. The third kappa shape index (κ3) is 3.63. The van der Waals surface area contributed by atoms with Gasteiger partial charge in [-0.3, -0.25) is 9.88 Å². The summed E-state index contributed by atoms with van der Waals surface area (Å²) in [7, 11) is 2.25. The van der Waals surface area contributed by atoms with Crippen molar-refractivity contribution in [1.29, 1.82) is 0 Å². The number of piperidine rings is 1. The monoisotopic (exact) mass is 386 g/mol. The molecule has 29 heavy (non-hydrogen) atoms. The molecule has 0 radical (unpaired) electrons. The summed E-state index contributed by atoms with van der Waals surface area (Å²) in [5.74, 6) is 0. The van der Waals surface area contributed by atoms with Gasteiger partial charge in [0.2, 0.25) is 0 Å². The smallest absolute Gasteiger partial charge is 0.0528 e. The van der Waals surface area contributed by atoms with Crippen LogP contribution in [0.3, 0.4) is 0 Å². The summed E-state index contributed by atoms with van der Waals surface area (Å²) in [5, 5.41) is 1.42. The summed E-state index contributed by atoms with van der Waals surface area (Å²) in [6.45, 7) is 6.90. The lowest BCUT2D eigenvalue weighted by atomic mass is 9.97. The Kier molecular flexibility index (Phi) is 4.98. The van der Waals surface area contributed by atoms with E-state index in [0.717, 1.165) is 31.1 Å². The lowest BCUT2D eigenvalue weighted by Crippen LogP contribution is -2.45. The Morgan fingerprint density at radius 2 is 1.97 bits per heavy atom. The van der Waals surface area contributed by atoms with Gasteiger partial charge in [0.05, 0.1) is 5.52 Å². The molecule has 1 fully saturated rings. The molecule has 5 rings (SSSR count). The summed E-state index contributed by atoms with van der Waals surface area (Å²) < 4.78 is 2.42. The number of likely N-dealkylation sites (tertiary alicyclic amines) is 1. The van der Waals surface area contributed by atoms with Crippen LogP contribution in [-0.2, 0) is 13.0 Å². The molecule has 2 aliphatic heterocycles. The minimum atomic E-state index is 0.730. The van der Waals surface area contributed by atoms with Crippen LogP contribution in [0.25, 0.3) is 23.2 Å². The summed E-state index contributed by atoms with van der Waals surface area (Å²) >= 11 is 0. The van der Waals surface area contributed by atoms with Crippen molar-refractivity contribution in [3.8, 4) is 0 Å². The molecule has 0 N–H and O–H groups in total. The zero-order chi connectivity index (χ0) is 19.8. The molecule has 2 aromatic heterocycles. The Hall–Kier alpha value is -2.43. The maximum atomic E-state index is 4.24. The fraction of sp³-hybridized carbons (Fsp3) is 0.400. The fourth-order valence-corrected chi connectivity index (χ4v) is 5.00. The Bertz CT molecular complexity index is 1030. The van der Waals surface area contributed by atoms with Gasteiger partial charge in [-0.2, -0.15) is 0 Å². The predicted molar refractivity (Wildman–Crippen MR) is 121 cm³/mol. The zero-order valence-corrected chi connectivity index (χ0v) is 17.5. The second kappa shape index (κ2) is 7.77. The third-order valence-corrected chi connectivity index (χ3v) is 6.68. The lowest BCUT2D eigenvalue weighted by molar-refractivity contribution is 0.109. The first-order valence-corrected chi connectivity index (χ1v) is 10.8. The van der Waals surface area contributed by atoms with Crippen molar-refractivity contribution < 1.29 is 0 Å². The van der Waals surface area contributed by atoms with Gasteiger partial charge < -0.3 is 9.47 Å². The van der Waals surface area contributed by atoms with Gasteiger partial charge in [-0.1, -0.05) is 17.7 Å². The van der Waals surface area contributed by atoms with Crippen LogP contribution >= 0.6 is 0 Å². The van der Waals surface area contributed by atoms with Crippen LogP contribution in [0.5, 0.6) is 0 Å². The van der Waals surface area contributed by atoms with Crippen molar-refractivity contribution in [2.75, 3.05) is 26.7 Å². The molecule has 0 spiro atoms. The molecule has 150 valence electrons. The van der Waals surface area contributed by atoms with E-state index >= 15 is 0 Å². The van der Waals surface area contributed by atoms with Crippen molar-refractivity contribution in [3.63, 3.8) is 0 Å². The lowest BCUT2D eigenvalue weighted by Gasteiger charge is -2.39. The number of fused-ring (bicyclic) bond motifs is 3. The first-order chi connectivity index (χ1) is 14.2. The average Bonchev–Trinajstić information content (AvgIpc) is 3.06. The first kappa shape index (κ1) is 18.6. The number of rotatable bonds is 3. The molecule has 1 saturated heterocycles. The van der Waals surface area contributed by atoms with Crippen LogP contribution in [-0.4, -0.2) is 52.1 Å². The molecule has 0 saturated carbocycles. The van der Waals surface area contributed by atoms with Gasteiger partial charge >= 0.3 is 0 Å². The fourth-order valence-electron chi connectivity index (χ4n) is 5.00. The van der Waals surface area contributed by atoms with E-state index in [1.807, 2.05) is 18.5 Å². The van der Waals surface area contributed by atoms with Crippen molar-refractivity contribution in [2.45, 2.75) is 38.8 Å². The molecule has 4 heterocycles. The van der Waals surface area contributed by atoms with Gasteiger partial charge in [-0.25, -0.2) is 0 Å². The van der Waals surface area contributed by atoms with E-state index in [4.69, 9.17) is 0 Å². The molecule has 2 aliphatic rings. The molecule has 4 heteroatoms. The van der Waals surface area contributed by atoms with E-state index in [0.29, 0.717) is 0 Å². The van der Waals surface area contributed by atoms with Gasteiger partial charge in [0, 0.05) is 55.2 Å². The largest absolute Gasteiger partial charge is 0.320 e. The first-order valence-electron chi connectivity index (χ1n) is 10.8. The number of nitrogens with zero attached hydrogens (tertiary/aromatic N) is 4. The number of aryl methyl sites for hydroxylation is 1. The maximum Gasteiger partial charge on any atom is 0.0528 e. The molecule has 4 nitrogen and oxygen atoms in total. The highest BCUT2D eigenvalue weighted by Crippen LogP contribution is 2.34. The Labute approximate surface area is 173 Å². The number of pyridine rings is 1. The van der Waals surface area contributed by atoms with Crippen LogP contribution in [0.15, 0.2) is 42.7 Å². The second-order valence-corrected chi connectivity index (χ2v) is 8.67. The predicted octanol–water partition coefficient (Wildman–Crippen LogP) is 4.42. The van der Waals surface area contributed by atoms with Gasteiger partial charge in [0.15, 0.2) is 0 Å². The van der Waals surface area contributed by atoms with Gasteiger partial charge in [-0.15, -0.1) is 0 Å². The minimum Gasteiger partial charge on any atom is -0.320 e. The van der Waals surface area contributed by atoms with E-state index in [1.165, 1.54) is 53.7 Å². The standard InChI is InChI=1S/C25H30N4/c1-19-5-6-24-22(16-19)23-18-28(21-8-12-27(2)13-9-21)14-10-25(23)29(24)15-7-20-4-3-11-26-17-20/h3-7,11,15-17,21H,8-10,12-14,18H2,1-2H3. The number of hydrogen-bond acceptors (Lipinski definition) is 3. The van der Waals surface area contributed by atoms with Crippen LogP contribution in [0.2, 0.25) is 0 Å². The molecule has 0 atom stereocenters. The van der Waals surface area contributed by atoms with E-state index < -0.39 is 0 Å². The Balaban J connectivity index is 1.51. The highest BCUT2D eigenvalue weighted by Gasteiger charge is 2.29. The number of aromatic nitrogens is 2. The summed E-state index contributed by atoms with van der Waals surface area (Å²) in [5.41, 5.74) is 6.81. The summed E-state index contributed by atoms with van der Waals surface area (Å²) in [4.78, 5) is 9.45. The minimum absolute atomic E-state index is 0.730. The third-order valence-electron chi connectivity index (χ3n) is 6.68. The number of hydrogen-bond donors (Lipinski definition) is 0. The van der Waals surface area contributed by atoms with Crippen LogP contribution in [0, 0.1) is 6.92 Å². The molecule has 3 aromatic rings.